The highest BCUT2D eigenvalue weighted by Gasteiger charge is 2.34. The molecule has 1 amide bonds. The SMILES string of the molecule is CCCc1c(C(=O)NCC2CCCO2)c(C2CC2)nn1-c1ccc(C)cc1. The number of benzene rings is 1. The average molecular weight is 367 g/mol. The van der Waals surface area contributed by atoms with Crippen LogP contribution in [-0.4, -0.2) is 34.9 Å². The lowest BCUT2D eigenvalue weighted by Crippen LogP contribution is -2.32. The Labute approximate surface area is 161 Å². The molecule has 0 bridgehead atoms. The minimum absolute atomic E-state index is 0.00853. The van der Waals surface area contributed by atoms with E-state index in [2.05, 4.69) is 43.4 Å². The number of aryl methyl sites for hydroxylation is 1. The van der Waals surface area contributed by atoms with Gasteiger partial charge in [0.2, 0.25) is 0 Å². The van der Waals surface area contributed by atoms with Gasteiger partial charge in [0.25, 0.3) is 5.91 Å². The number of carbonyl (C=O) groups is 1. The molecule has 2 heterocycles. The van der Waals surface area contributed by atoms with E-state index in [1.165, 1.54) is 5.56 Å². The van der Waals surface area contributed by atoms with Crippen LogP contribution >= 0.6 is 0 Å². The van der Waals surface area contributed by atoms with Gasteiger partial charge in [0, 0.05) is 19.1 Å². The molecule has 1 saturated heterocycles. The summed E-state index contributed by atoms with van der Waals surface area (Å²) in [5.41, 5.74) is 5.07. The van der Waals surface area contributed by atoms with Gasteiger partial charge in [-0.3, -0.25) is 4.79 Å². The highest BCUT2D eigenvalue weighted by atomic mass is 16.5. The summed E-state index contributed by atoms with van der Waals surface area (Å²) in [5, 5.41) is 8.04. The minimum atomic E-state index is 0.00853. The van der Waals surface area contributed by atoms with Gasteiger partial charge >= 0.3 is 0 Å². The molecular formula is C22H29N3O2. The lowest BCUT2D eigenvalue weighted by molar-refractivity contribution is 0.0856. The second kappa shape index (κ2) is 7.85. The predicted octanol–water partition coefficient (Wildman–Crippen LogP) is 3.92. The van der Waals surface area contributed by atoms with Gasteiger partial charge in [0.15, 0.2) is 0 Å². The van der Waals surface area contributed by atoms with Gasteiger partial charge < -0.3 is 10.1 Å². The highest BCUT2D eigenvalue weighted by Crippen LogP contribution is 2.42. The first-order valence-electron chi connectivity index (χ1n) is 10.3. The summed E-state index contributed by atoms with van der Waals surface area (Å²) in [6.07, 6.45) is 6.34. The molecule has 0 radical (unpaired) electrons. The van der Waals surface area contributed by atoms with E-state index in [4.69, 9.17) is 9.84 Å². The van der Waals surface area contributed by atoms with E-state index < -0.39 is 0 Å². The molecule has 2 aromatic rings. The van der Waals surface area contributed by atoms with Gasteiger partial charge in [-0.15, -0.1) is 0 Å². The van der Waals surface area contributed by atoms with Crippen molar-refractivity contribution in [2.24, 2.45) is 0 Å². The second-order valence-electron chi connectivity index (χ2n) is 7.82. The van der Waals surface area contributed by atoms with Gasteiger partial charge in [0.05, 0.1) is 28.7 Å². The van der Waals surface area contributed by atoms with E-state index >= 15 is 0 Å². The summed E-state index contributed by atoms with van der Waals surface area (Å²) in [5.74, 6) is 0.435. The van der Waals surface area contributed by atoms with Crippen LogP contribution in [-0.2, 0) is 11.2 Å². The predicted molar refractivity (Wildman–Crippen MR) is 106 cm³/mol. The zero-order chi connectivity index (χ0) is 18.8. The first-order valence-corrected chi connectivity index (χ1v) is 10.3. The van der Waals surface area contributed by atoms with E-state index in [0.29, 0.717) is 12.5 Å². The molecule has 4 rings (SSSR count). The lowest BCUT2D eigenvalue weighted by Gasteiger charge is -2.12. The number of amides is 1. The Hall–Kier alpha value is -2.14. The Balaban J connectivity index is 1.67. The first-order chi connectivity index (χ1) is 13.2. The highest BCUT2D eigenvalue weighted by molar-refractivity contribution is 5.97. The van der Waals surface area contributed by atoms with Crippen LogP contribution in [0.15, 0.2) is 24.3 Å². The van der Waals surface area contributed by atoms with Gasteiger partial charge in [-0.1, -0.05) is 31.0 Å². The maximum Gasteiger partial charge on any atom is 0.255 e. The van der Waals surface area contributed by atoms with E-state index in [1.54, 1.807) is 0 Å². The summed E-state index contributed by atoms with van der Waals surface area (Å²) in [6, 6.07) is 8.37. The number of nitrogens with zero attached hydrogens (tertiary/aromatic N) is 2. The Morgan fingerprint density at radius 1 is 1.26 bits per heavy atom. The molecule has 1 aromatic heterocycles. The van der Waals surface area contributed by atoms with Crippen LogP contribution in [0.4, 0.5) is 0 Å². The molecule has 1 aromatic carbocycles. The fraction of sp³-hybridized carbons (Fsp3) is 0.545. The molecule has 1 saturated carbocycles. The molecule has 27 heavy (non-hydrogen) atoms. The van der Waals surface area contributed by atoms with Gasteiger partial charge in [-0.2, -0.15) is 5.10 Å². The third-order valence-electron chi connectivity index (χ3n) is 5.48. The molecule has 1 aliphatic carbocycles. The molecule has 0 spiro atoms. The van der Waals surface area contributed by atoms with Crippen LogP contribution in [0.25, 0.3) is 5.69 Å². The fourth-order valence-corrected chi connectivity index (χ4v) is 3.83. The number of hydrogen-bond acceptors (Lipinski definition) is 3. The monoisotopic (exact) mass is 367 g/mol. The van der Waals surface area contributed by atoms with Crippen LogP contribution in [0, 0.1) is 6.92 Å². The van der Waals surface area contributed by atoms with Crippen molar-refractivity contribution < 1.29 is 9.53 Å². The maximum absolute atomic E-state index is 13.1. The molecular weight excluding hydrogens is 338 g/mol. The number of nitrogens with one attached hydrogen (secondary N) is 1. The van der Waals surface area contributed by atoms with Crippen molar-refractivity contribution in [2.45, 2.75) is 64.4 Å². The molecule has 1 N–H and O–H groups in total. The molecule has 2 fully saturated rings. The van der Waals surface area contributed by atoms with Crippen LogP contribution in [0.5, 0.6) is 0 Å². The number of aromatic nitrogens is 2. The zero-order valence-corrected chi connectivity index (χ0v) is 16.3. The Morgan fingerprint density at radius 2 is 2.04 bits per heavy atom. The van der Waals surface area contributed by atoms with Gasteiger partial charge in [-0.05, 0) is 51.2 Å². The second-order valence-corrected chi connectivity index (χ2v) is 7.82. The van der Waals surface area contributed by atoms with E-state index in [0.717, 1.165) is 67.8 Å². The Kier molecular flexibility index (Phi) is 5.30. The number of carbonyl (C=O) groups excluding carboxylic acids is 1. The number of hydrogen-bond donors (Lipinski definition) is 1. The topological polar surface area (TPSA) is 56.1 Å². The van der Waals surface area contributed by atoms with Crippen molar-refractivity contribution in [3.63, 3.8) is 0 Å². The third kappa shape index (κ3) is 3.93. The van der Waals surface area contributed by atoms with E-state index in [-0.39, 0.29) is 12.0 Å². The lowest BCUT2D eigenvalue weighted by atomic mass is 10.1. The Morgan fingerprint density at radius 3 is 2.67 bits per heavy atom. The minimum Gasteiger partial charge on any atom is -0.376 e. The Bertz CT molecular complexity index is 800. The van der Waals surface area contributed by atoms with E-state index in [9.17, 15) is 4.79 Å². The van der Waals surface area contributed by atoms with Gasteiger partial charge in [0.1, 0.15) is 0 Å². The van der Waals surface area contributed by atoms with Crippen LogP contribution < -0.4 is 5.32 Å². The van der Waals surface area contributed by atoms with Crippen molar-refractivity contribution in [2.75, 3.05) is 13.2 Å². The van der Waals surface area contributed by atoms with Crippen LogP contribution in [0.2, 0.25) is 0 Å². The molecule has 1 unspecified atom stereocenters. The summed E-state index contributed by atoms with van der Waals surface area (Å²) < 4.78 is 7.65. The van der Waals surface area contributed by atoms with Crippen LogP contribution in [0.1, 0.15) is 72.3 Å². The zero-order valence-electron chi connectivity index (χ0n) is 16.3. The summed E-state index contributed by atoms with van der Waals surface area (Å²) in [7, 11) is 0. The number of ether oxygens (including phenoxy) is 1. The largest absolute Gasteiger partial charge is 0.376 e. The van der Waals surface area contributed by atoms with Crippen molar-refractivity contribution >= 4 is 5.91 Å². The van der Waals surface area contributed by atoms with Crippen molar-refractivity contribution in [1.82, 2.24) is 15.1 Å². The maximum atomic E-state index is 13.1. The molecule has 1 aliphatic heterocycles. The first kappa shape index (κ1) is 18.2. The average Bonchev–Trinajstić information content (AvgIpc) is 3.25. The molecule has 5 heteroatoms. The molecule has 2 aliphatic rings. The van der Waals surface area contributed by atoms with Crippen molar-refractivity contribution in [1.29, 1.82) is 0 Å². The normalized spacial score (nSPS) is 19.4. The quantitative estimate of drug-likeness (QED) is 0.807. The fourth-order valence-electron chi connectivity index (χ4n) is 3.83. The summed E-state index contributed by atoms with van der Waals surface area (Å²) in [4.78, 5) is 13.1. The van der Waals surface area contributed by atoms with Gasteiger partial charge in [-0.25, -0.2) is 4.68 Å². The van der Waals surface area contributed by atoms with Crippen LogP contribution in [0.3, 0.4) is 0 Å². The third-order valence-corrected chi connectivity index (χ3v) is 5.48. The summed E-state index contributed by atoms with van der Waals surface area (Å²) >= 11 is 0. The molecule has 5 nitrogen and oxygen atoms in total. The molecule has 144 valence electrons. The van der Waals surface area contributed by atoms with Crippen molar-refractivity contribution in [3.05, 3.63) is 46.8 Å². The van der Waals surface area contributed by atoms with E-state index in [1.807, 2.05) is 4.68 Å². The standard InChI is InChI=1S/C22H29N3O2/c1-3-5-19-20(22(26)23-14-18-6-4-13-27-18)21(16-9-10-16)24-25(19)17-11-7-15(2)8-12-17/h7-8,11-12,16,18H,3-6,9-10,13-14H2,1-2H3,(H,23,26). The smallest absolute Gasteiger partial charge is 0.255 e. The summed E-state index contributed by atoms with van der Waals surface area (Å²) in [6.45, 7) is 5.63. The molecule has 1 atom stereocenters. The number of rotatable bonds is 7. The van der Waals surface area contributed by atoms with Crippen molar-refractivity contribution in [3.8, 4) is 5.69 Å².